The fraction of sp³-hybridized carbons (Fsp3) is 0.111. The molecule has 0 radical (unpaired) electrons. The van der Waals surface area contributed by atoms with Crippen LogP contribution in [0.4, 0.5) is 0 Å². The number of hydrogen-bond acceptors (Lipinski definition) is 5. The summed E-state index contributed by atoms with van der Waals surface area (Å²) in [6.45, 7) is 0. The molecule has 2 rings (SSSR count). The molecule has 5 heteroatoms. The molecular formula is C18H18O3S2. The Morgan fingerprint density at radius 2 is 1.09 bits per heavy atom. The van der Waals surface area contributed by atoms with Gasteiger partial charge >= 0.3 is 0 Å². The van der Waals surface area contributed by atoms with Gasteiger partial charge in [0.1, 0.15) is 11.5 Å². The molecule has 0 saturated carbocycles. The summed E-state index contributed by atoms with van der Waals surface area (Å²) in [4.78, 5) is 0. The largest absolute Gasteiger partial charge is 0.465 e. The summed E-state index contributed by atoms with van der Waals surface area (Å²) in [5.41, 5.74) is 0. The molecule has 0 bridgehead atoms. The van der Waals surface area contributed by atoms with Crippen LogP contribution < -0.4 is 9.47 Å². The molecule has 2 aromatic carbocycles. The van der Waals surface area contributed by atoms with E-state index in [1.54, 1.807) is 12.5 Å². The molecule has 23 heavy (non-hydrogen) atoms. The normalized spacial score (nSPS) is 11.1. The Bertz CT molecular complexity index is 532. The van der Waals surface area contributed by atoms with Crippen molar-refractivity contribution < 1.29 is 13.1 Å². The second-order valence-corrected chi connectivity index (χ2v) is 5.92. The third kappa shape index (κ3) is 8.40. The number of para-hydroxylation sites is 2. The molecule has 0 unspecified atom stereocenters. The van der Waals surface area contributed by atoms with E-state index in [9.17, 15) is 0 Å². The van der Waals surface area contributed by atoms with Gasteiger partial charge in [-0.1, -0.05) is 36.4 Å². The molecule has 120 valence electrons. The Balaban J connectivity index is 1.45. The summed E-state index contributed by atoms with van der Waals surface area (Å²) in [6.07, 6.45) is 7.16. The Kier molecular flexibility index (Phi) is 8.93. The summed E-state index contributed by atoms with van der Waals surface area (Å²) in [5.74, 6) is 3.11. The maximum Gasteiger partial charge on any atom is 0.126 e. The molecule has 3 nitrogen and oxygen atoms in total. The van der Waals surface area contributed by atoms with Crippen LogP contribution in [0.15, 0.2) is 85.3 Å². The third-order valence-corrected chi connectivity index (χ3v) is 3.94. The predicted octanol–water partition coefficient (Wildman–Crippen LogP) is 5.48. The van der Waals surface area contributed by atoms with Crippen LogP contribution in [-0.4, -0.2) is 11.5 Å². The minimum atomic E-state index is 0.726. The molecule has 0 aromatic heterocycles. The number of benzene rings is 2. The second kappa shape index (κ2) is 11.7. The van der Waals surface area contributed by atoms with Crippen molar-refractivity contribution in [1.82, 2.24) is 0 Å². The van der Waals surface area contributed by atoms with Crippen LogP contribution in [0.3, 0.4) is 0 Å². The summed E-state index contributed by atoms with van der Waals surface area (Å²) in [7, 11) is 0. The molecule has 0 spiro atoms. The molecule has 0 N–H and O–H groups in total. The zero-order valence-electron chi connectivity index (χ0n) is 12.5. The standard InChI is InChI=1S/C18H18O3S2/c1-3-9-17(10-4-1)19-13-7-15-22-21-23-16-8-14-20-18-11-5-2-6-12-18/h1-14H,15-16H2. The van der Waals surface area contributed by atoms with Crippen molar-refractivity contribution in [2.45, 2.75) is 0 Å². The highest BCUT2D eigenvalue weighted by Gasteiger charge is 1.90. The molecule has 0 atom stereocenters. The number of ether oxygens (including phenoxy) is 2. The first-order chi connectivity index (χ1) is 11.4. The van der Waals surface area contributed by atoms with Crippen LogP contribution >= 0.6 is 24.1 Å². The lowest BCUT2D eigenvalue weighted by Gasteiger charge is -1.99. The highest BCUT2D eigenvalue weighted by atomic mass is 32.2. The lowest BCUT2D eigenvalue weighted by Crippen LogP contribution is -1.82. The van der Waals surface area contributed by atoms with Crippen molar-refractivity contribution in [3.05, 3.63) is 85.3 Å². The topological polar surface area (TPSA) is 27.7 Å². The van der Waals surface area contributed by atoms with Gasteiger partial charge in [-0.25, -0.2) is 3.63 Å². The molecule has 0 aliphatic heterocycles. The van der Waals surface area contributed by atoms with Crippen LogP contribution in [-0.2, 0) is 3.63 Å². The van der Waals surface area contributed by atoms with E-state index in [-0.39, 0.29) is 0 Å². The Hall–Kier alpha value is -1.82. The van der Waals surface area contributed by atoms with Gasteiger partial charge in [0.2, 0.25) is 0 Å². The Morgan fingerprint density at radius 1 is 0.652 bits per heavy atom. The first-order valence-electron chi connectivity index (χ1n) is 7.09. The van der Waals surface area contributed by atoms with Gasteiger partial charge in [-0.3, -0.25) is 0 Å². The van der Waals surface area contributed by atoms with Crippen LogP contribution in [0.2, 0.25) is 0 Å². The van der Waals surface area contributed by atoms with Crippen LogP contribution in [0.5, 0.6) is 11.5 Å². The quantitative estimate of drug-likeness (QED) is 0.322. The van der Waals surface area contributed by atoms with Crippen molar-refractivity contribution in [3.8, 4) is 11.5 Å². The Morgan fingerprint density at radius 3 is 1.52 bits per heavy atom. The van der Waals surface area contributed by atoms with E-state index in [0.29, 0.717) is 0 Å². The van der Waals surface area contributed by atoms with Gasteiger partial charge in [0.05, 0.1) is 12.5 Å². The smallest absolute Gasteiger partial charge is 0.126 e. The van der Waals surface area contributed by atoms with E-state index in [2.05, 4.69) is 0 Å². The fourth-order valence-electron chi connectivity index (χ4n) is 1.50. The zero-order valence-corrected chi connectivity index (χ0v) is 14.2. The maximum atomic E-state index is 5.42. The first-order valence-corrected chi connectivity index (χ1v) is 8.92. The van der Waals surface area contributed by atoms with Crippen LogP contribution in [0.25, 0.3) is 0 Å². The van der Waals surface area contributed by atoms with Gasteiger partial charge in [0.25, 0.3) is 0 Å². The molecule has 0 fully saturated rings. The van der Waals surface area contributed by atoms with Crippen molar-refractivity contribution in [3.63, 3.8) is 0 Å². The van der Waals surface area contributed by atoms with E-state index in [1.807, 2.05) is 72.8 Å². The van der Waals surface area contributed by atoms with Crippen LogP contribution in [0, 0.1) is 0 Å². The lowest BCUT2D eigenvalue weighted by atomic mass is 10.3. The third-order valence-electron chi connectivity index (χ3n) is 2.51. The lowest BCUT2D eigenvalue weighted by molar-refractivity contribution is 0.480. The molecule has 0 aliphatic rings. The second-order valence-electron chi connectivity index (χ2n) is 4.24. The maximum absolute atomic E-state index is 5.42. The SMILES string of the molecule is C(=COc1ccccc1)CSOSCC=COc1ccccc1. The highest BCUT2D eigenvalue weighted by molar-refractivity contribution is 8.08. The molecule has 0 saturated heterocycles. The van der Waals surface area contributed by atoms with E-state index >= 15 is 0 Å². The van der Waals surface area contributed by atoms with E-state index in [0.717, 1.165) is 23.0 Å². The van der Waals surface area contributed by atoms with Gasteiger partial charge < -0.3 is 9.47 Å². The minimum Gasteiger partial charge on any atom is -0.465 e. The van der Waals surface area contributed by atoms with E-state index in [4.69, 9.17) is 13.1 Å². The first kappa shape index (κ1) is 17.5. The Labute approximate surface area is 145 Å². The minimum absolute atomic E-state index is 0.726. The van der Waals surface area contributed by atoms with Gasteiger partial charge in [0.15, 0.2) is 0 Å². The van der Waals surface area contributed by atoms with Gasteiger partial charge in [-0.05, 0) is 36.4 Å². The molecular weight excluding hydrogens is 328 g/mol. The molecule has 0 amide bonds. The van der Waals surface area contributed by atoms with Crippen molar-refractivity contribution >= 4 is 24.1 Å². The van der Waals surface area contributed by atoms with Crippen molar-refractivity contribution in [1.29, 1.82) is 0 Å². The van der Waals surface area contributed by atoms with Gasteiger partial charge in [-0.2, -0.15) is 0 Å². The van der Waals surface area contributed by atoms with E-state index < -0.39 is 0 Å². The van der Waals surface area contributed by atoms with Crippen LogP contribution in [0.1, 0.15) is 0 Å². The summed E-state index contributed by atoms with van der Waals surface area (Å²) < 4.78 is 16.2. The average Bonchev–Trinajstić information content (AvgIpc) is 2.61. The van der Waals surface area contributed by atoms with Gasteiger partial charge in [0, 0.05) is 35.6 Å². The average molecular weight is 346 g/mol. The highest BCUT2D eigenvalue weighted by Crippen LogP contribution is 2.15. The van der Waals surface area contributed by atoms with Crippen molar-refractivity contribution in [2.24, 2.45) is 0 Å². The molecule has 2 aromatic rings. The fourth-order valence-corrected chi connectivity index (χ4v) is 2.53. The predicted molar refractivity (Wildman–Crippen MR) is 98.4 cm³/mol. The van der Waals surface area contributed by atoms with Crippen molar-refractivity contribution in [2.75, 3.05) is 11.5 Å². The monoisotopic (exact) mass is 346 g/mol. The molecule has 0 heterocycles. The summed E-state index contributed by atoms with van der Waals surface area (Å²) in [5, 5.41) is 0. The molecule has 0 aliphatic carbocycles. The summed E-state index contributed by atoms with van der Waals surface area (Å²) >= 11 is 2.73. The number of rotatable bonds is 10. The van der Waals surface area contributed by atoms with Gasteiger partial charge in [-0.15, -0.1) is 0 Å². The van der Waals surface area contributed by atoms with E-state index in [1.165, 1.54) is 24.1 Å². The zero-order chi connectivity index (χ0) is 16.0. The summed E-state index contributed by atoms with van der Waals surface area (Å²) in [6, 6.07) is 19.3. The number of hydrogen-bond donors (Lipinski definition) is 0.